The second kappa shape index (κ2) is 37.1. The third kappa shape index (κ3) is 36.1. The highest BCUT2D eigenvalue weighted by Gasteiger charge is 2.24. The molecule has 48 heavy (non-hydrogen) atoms. The summed E-state index contributed by atoms with van der Waals surface area (Å²) in [7, 11) is -4.26. The van der Waals surface area contributed by atoms with Gasteiger partial charge in [-0.1, -0.05) is 148 Å². The molecule has 0 aromatic heterocycles. The van der Waals surface area contributed by atoms with Crippen LogP contribution >= 0.6 is 7.82 Å². The van der Waals surface area contributed by atoms with E-state index in [4.69, 9.17) is 24.3 Å². The van der Waals surface area contributed by atoms with Gasteiger partial charge in [-0.15, -0.1) is 0 Å². The largest absolute Gasteiger partial charge is 0.492 e. The van der Waals surface area contributed by atoms with E-state index in [1.807, 2.05) is 6.08 Å². The van der Waals surface area contributed by atoms with E-state index in [0.717, 1.165) is 32.1 Å². The summed E-state index contributed by atoms with van der Waals surface area (Å²) in [6.45, 7) is 4.20. The van der Waals surface area contributed by atoms with Gasteiger partial charge in [0.2, 0.25) is 0 Å². The van der Waals surface area contributed by atoms with Crippen molar-refractivity contribution in [3.63, 3.8) is 0 Å². The van der Waals surface area contributed by atoms with Crippen LogP contribution in [0.1, 0.15) is 187 Å². The molecular formula is C39H76NO7P. The number of carbonyl (C=O) groups excluding carboxylic acids is 1. The van der Waals surface area contributed by atoms with Crippen LogP contribution in [0.25, 0.3) is 0 Å². The number of allylic oxidation sites excluding steroid dienone is 3. The van der Waals surface area contributed by atoms with Crippen LogP contribution < -0.4 is 5.73 Å². The Labute approximate surface area is 296 Å². The van der Waals surface area contributed by atoms with Crippen LogP contribution in [0.3, 0.4) is 0 Å². The van der Waals surface area contributed by atoms with E-state index in [2.05, 4.69) is 26.0 Å². The molecule has 0 heterocycles. The van der Waals surface area contributed by atoms with Crippen molar-refractivity contribution in [1.82, 2.24) is 0 Å². The van der Waals surface area contributed by atoms with Crippen molar-refractivity contribution in [3.8, 4) is 0 Å². The maximum absolute atomic E-state index is 12.3. The summed E-state index contributed by atoms with van der Waals surface area (Å²) in [4.78, 5) is 22.2. The predicted molar refractivity (Wildman–Crippen MR) is 201 cm³/mol. The number of carbonyl (C=O) groups is 1. The monoisotopic (exact) mass is 702 g/mol. The lowest BCUT2D eigenvalue weighted by Gasteiger charge is -2.19. The van der Waals surface area contributed by atoms with E-state index in [-0.39, 0.29) is 32.3 Å². The fourth-order valence-electron chi connectivity index (χ4n) is 5.45. The SMILES string of the molecule is CCCCCCC=CCCCCCCCCC=COC(COC(=O)CCCCCCCCCCCCCCC)COP(=O)(O)OCCN. The van der Waals surface area contributed by atoms with Crippen LogP contribution in [-0.2, 0) is 27.9 Å². The minimum absolute atomic E-state index is 0.0629. The Morgan fingerprint density at radius 2 is 1.06 bits per heavy atom. The van der Waals surface area contributed by atoms with Crippen molar-refractivity contribution < 1.29 is 32.8 Å². The van der Waals surface area contributed by atoms with Gasteiger partial charge in [0.1, 0.15) is 6.61 Å². The van der Waals surface area contributed by atoms with E-state index in [1.165, 1.54) is 135 Å². The second-order valence-electron chi connectivity index (χ2n) is 13.2. The average molecular weight is 702 g/mol. The quantitative estimate of drug-likeness (QED) is 0.0215. The van der Waals surface area contributed by atoms with E-state index >= 15 is 0 Å². The van der Waals surface area contributed by atoms with E-state index in [0.29, 0.717) is 6.42 Å². The van der Waals surface area contributed by atoms with Gasteiger partial charge in [0, 0.05) is 13.0 Å². The number of phosphoric acid groups is 1. The zero-order chi connectivity index (χ0) is 35.2. The minimum Gasteiger partial charge on any atom is -0.492 e. The van der Waals surface area contributed by atoms with Gasteiger partial charge in [-0.05, 0) is 51.0 Å². The molecule has 0 aromatic carbocycles. The van der Waals surface area contributed by atoms with Crippen molar-refractivity contribution in [2.75, 3.05) is 26.4 Å². The molecule has 0 radical (unpaired) electrons. The smallest absolute Gasteiger partial charge is 0.472 e. The summed E-state index contributed by atoms with van der Waals surface area (Å²) in [6.07, 6.45) is 40.0. The molecule has 0 saturated heterocycles. The molecule has 0 rings (SSSR count). The standard InChI is InChI=1S/C39H76NO7P/c1-3-5-7-9-11-13-15-17-18-19-21-23-25-27-29-31-34-44-38(37-47-48(42,43)46-35-33-40)36-45-39(41)32-30-28-26-24-22-20-16-14-12-10-8-6-4-2/h13,15,31,34,38H,3-12,14,16-30,32-33,35-37,40H2,1-2H3,(H,42,43). The molecule has 284 valence electrons. The predicted octanol–water partition coefficient (Wildman–Crippen LogP) is 11.6. The molecule has 2 atom stereocenters. The maximum atomic E-state index is 12.3. The first-order valence-corrected chi connectivity index (χ1v) is 21.4. The van der Waals surface area contributed by atoms with E-state index < -0.39 is 13.9 Å². The number of esters is 1. The van der Waals surface area contributed by atoms with Gasteiger partial charge in [-0.3, -0.25) is 13.8 Å². The molecule has 0 amide bonds. The van der Waals surface area contributed by atoms with Gasteiger partial charge < -0.3 is 20.1 Å². The van der Waals surface area contributed by atoms with Gasteiger partial charge >= 0.3 is 13.8 Å². The summed E-state index contributed by atoms with van der Waals surface area (Å²) < 4.78 is 33.1. The topological polar surface area (TPSA) is 117 Å². The molecule has 0 aliphatic rings. The molecule has 0 aliphatic heterocycles. The first-order valence-electron chi connectivity index (χ1n) is 19.9. The third-order valence-electron chi connectivity index (χ3n) is 8.46. The van der Waals surface area contributed by atoms with Crippen molar-refractivity contribution >= 4 is 13.8 Å². The third-order valence-corrected chi connectivity index (χ3v) is 9.44. The van der Waals surface area contributed by atoms with Gasteiger partial charge in [-0.25, -0.2) is 4.57 Å². The van der Waals surface area contributed by atoms with Crippen LogP contribution in [0.5, 0.6) is 0 Å². The lowest BCUT2D eigenvalue weighted by Crippen LogP contribution is -2.25. The minimum atomic E-state index is -4.26. The molecule has 0 saturated carbocycles. The van der Waals surface area contributed by atoms with Crippen LogP contribution in [0.4, 0.5) is 0 Å². The molecule has 0 spiro atoms. The second-order valence-corrected chi connectivity index (χ2v) is 14.7. The van der Waals surface area contributed by atoms with Gasteiger partial charge in [0.15, 0.2) is 6.10 Å². The zero-order valence-corrected chi connectivity index (χ0v) is 32.1. The average Bonchev–Trinajstić information content (AvgIpc) is 3.08. The molecule has 8 nitrogen and oxygen atoms in total. The Kier molecular flexibility index (Phi) is 36.2. The molecule has 0 bridgehead atoms. The summed E-state index contributed by atoms with van der Waals surface area (Å²) in [5, 5.41) is 0. The van der Waals surface area contributed by atoms with Crippen molar-refractivity contribution in [2.45, 2.75) is 193 Å². The summed E-state index contributed by atoms with van der Waals surface area (Å²) in [5.41, 5.74) is 5.35. The van der Waals surface area contributed by atoms with Gasteiger partial charge in [0.05, 0.1) is 19.5 Å². The van der Waals surface area contributed by atoms with Crippen LogP contribution in [-0.4, -0.2) is 43.3 Å². The lowest BCUT2D eigenvalue weighted by molar-refractivity contribution is -0.147. The number of hydrogen-bond donors (Lipinski definition) is 2. The van der Waals surface area contributed by atoms with Crippen LogP contribution in [0, 0.1) is 0 Å². The van der Waals surface area contributed by atoms with Crippen LogP contribution in [0.15, 0.2) is 24.5 Å². The summed E-state index contributed by atoms with van der Waals surface area (Å²) >= 11 is 0. The molecule has 0 aliphatic carbocycles. The Bertz CT molecular complexity index is 792. The summed E-state index contributed by atoms with van der Waals surface area (Å²) in [6, 6.07) is 0. The molecule has 0 aromatic rings. The number of unbranched alkanes of at least 4 members (excludes halogenated alkanes) is 23. The molecule has 0 fully saturated rings. The van der Waals surface area contributed by atoms with Crippen molar-refractivity contribution in [3.05, 3.63) is 24.5 Å². The summed E-state index contributed by atoms with van der Waals surface area (Å²) in [5.74, 6) is -0.291. The van der Waals surface area contributed by atoms with Gasteiger partial charge in [0.25, 0.3) is 0 Å². The molecule has 9 heteroatoms. The number of rotatable bonds is 38. The molecule has 2 unspecified atom stereocenters. The maximum Gasteiger partial charge on any atom is 0.472 e. The fourth-order valence-corrected chi connectivity index (χ4v) is 6.21. The van der Waals surface area contributed by atoms with E-state index in [1.54, 1.807) is 6.26 Å². The Balaban J connectivity index is 4.12. The Hall–Kier alpha value is -1.18. The lowest BCUT2D eigenvalue weighted by atomic mass is 10.0. The molecular weight excluding hydrogens is 625 g/mol. The highest BCUT2D eigenvalue weighted by molar-refractivity contribution is 7.47. The number of phosphoric ester groups is 1. The Morgan fingerprint density at radius 3 is 1.56 bits per heavy atom. The fraction of sp³-hybridized carbons (Fsp3) is 0.872. The van der Waals surface area contributed by atoms with Crippen molar-refractivity contribution in [2.24, 2.45) is 5.73 Å². The van der Waals surface area contributed by atoms with Gasteiger partial charge in [-0.2, -0.15) is 0 Å². The van der Waals surface area contributed by atoms with Crippen molar-refractivity contribution in [1.29, 1.82) is 0 Å². The Morgan fingerprint density at radius 1 is 0.625 bits per heavy atom. The number of ether oxygens (including phenoxy) is 2. The highest BCUT2D eigenvalue weighted by Crippen LogP contribution is 2.43. The number of hydrogen-bond acceptors (Lipinski definition) is 7. The normalized spacial score (nSPS) is 13.8. The zero-order valence-electron chi connectivity index (χ0n) is 31.2. The number of nitrogens with two attached hydrogens (primary N) is 1. The first kappa shape index (κ1) is 46.8. The highest BCUT2D eigenvalue weighted by atomic mass is 31.2. The van der Waals surface area contributed by atoms with Crippen LogP contribution in [0.2, 0.25) is 0 Å². The van der Waals surface area contributed by atoms with E-state index in [9.17, 15) is 14.3 Å². The first-order chi connectivity index (χ1) is 23.4. The molecule has 3 N–H and O–H groups in total.